The molecule has 1 saturated heterocycles. The zero-order valence-electron chi connectivity index (χ0n) is 8.38. The van der Waals surface area contributed by atoms with E-state index in [2.05, 4.69) is 43.4 Å². The van der Waals surface area contributed by atoms with Crippen LogP contribution in [-0.2, 0) is 0 Å². The summed E-state index contributed by atoms with van der Waals surface area (Å²) in [6, 6.07) is 8.74. The van der Waals surface area contributed by atoms with E-state index >= 15 is 0 Å². The van der Waals surface area contributed by atoms with Crippen molar-refractivity contribution in [1.29, 1.82) is 0 Å². The highest BCUT2D eigenvalue weighted by molar-refractivity contribution is 5.30. The summed E-state index contributed by atoms with van der Waals surface area (Å²) in [6.07, 6.45) is 0. The summed E-state index contributed by atoms with van der Waals surface area (Å²) in [7, 11) is 0. The average molecular weight is 175 g/mol. The Labute approximate surface area is 80.2 Å². The molecule has 70 valence electrons. The van der Waals surface area contributed by atoms with Crippen LogP contribution in [0.1, 0.15) is 24.0 Å². The largest absolute Gasteiger partial charge is 0.316 e. The first-order valence-corrected chi connectivity index (χ1v) is 5.05. The van der Waals surface area contributed by atoms with Crippen LogP contribution in [0.15, 0.2) is 24.3 Å². The van der Waals surface area contributed by atoms with Crippen molar-refractivity contribution in [2.24, 2.45) is 5.92 Å². The summed E-state index contributed by atoms with van der Waals surface area (Å²) in [5.41, 5.74) is 2.96. The van der Waals surface area contributed by atoms with Gasteiger partial charge in [-0.3, -0.25) is 0 Å². The molecule has 1 N–H and O–H groups in total. The van der Waals surface area contributed by atoms with Crippen molar-refractivity contribution in [3.05, 3.63) is 35.4 Å². The summed E-state index contributed by atoms with van der Waals surface area (Å²) in [4.78, 5) is 0. The summed E-state index contributed by atoms with van der Waals surface area (Å²) in [5, 5.41) is 3.45. The monoisotopic (exact) mass is 175 g/mol. The molecule has 0 aliphatic carbocycles. The van der Waals surface area contributed by atoms with Crippen molar-refractivity contribution in [1.82, 2.24) is 5.32 Å². The van der Waals surface area contributed by atoms with E-state index in [1.54, 1.807) is 0 Å². The van der Waals surface area contributed by atoms with Crippen LogP contribution in [0, 0.1) is 12.8 Å². The van der Waals surface area contributed by atoms with Gasteiger partial charge in [-0.15, -0.1) is 0 Å². The molecule has 1 fully saturated rings. The van der Waals surface area contributed by atoms with E-state index in [4.69, 9.17) is 0 Å². The van der Waals surface area contributed by atoms with Gasteiger partial charge in [0.15, 0.2) is 0 Å². The molecule has 1 heteroatoms. The Kier molecular flexibility index (Phi) is 2.36. The first-order valence-electron chi connectivity index (χ1n) is 5.05. The highest BCUT2D eigenvalue weighted by Crippen LogP contribution is 2.29. The second kappa shape index (κ2) is 3.51. The van der Waals surface area contributed by atoms with Crippen LogP contribution in [0.2, 0.25) is 0 Å². The quantitative estimate of drug-likeness (QED) is 0.690. The maximum atomic E-state index is 3.45. The smallest absolute Gasteiger partial charge is 0.00234 e. The summed E-state index contributed by atoms with van der Waals surface area (Å²) < 4.78 is 0. The Morgan fingerprint density at radius 1 is 1.23 bits per heavy atom. The highest BCUT2D eigenvalue weighted by Gasteiger charge is 2.25. The number of nitrogens with one attached hydrogen (secondary N) is 1. The van der Waals surface area contributed by atoms with Gasteiger partial charge in [0, 0.05) is 12.5 Å². The molecule has 0 unspecified atom stereocenters. The van der Waals surface area contributed by atoms with Gasteiger partial charge in [0.2, 0.25) is 0 Å². The summed E-state index contributed by atoms with van der Waals surface area (Å²) in [5.74, 6) is 1.50. The number of hydrogen-bond acceptors (Lipinski definition) is 1. The second-order valence-electron chi connectivity index (χ2n) is 4.10. The third-order valence-corrected chi connectivity index (χ3v) is 3.11. The molecule has 0 spiro atoms. The maximum absolute atomic E-state index is 3.45. The molecule has 1 aliphatic rings. The van der Waals surface area contributed by atoms with Gasteiger partial charge in [0.25, 0.3) is 0 Å². The van der Waals surface area contributed by atoms with Crippen LogP contribution in [-0.4, -0.2) is 13.1 Å². The predicted molar refractivity (Wildman–Crippen MR) is 56.0 cm³/mol. The minimum absolute atomic E-state index is 0.723. The van der Waals surface area contributed by atoms with Gasteiger partial charge in [-0.05, 0) is 30.5 Å². The molecule has 2 atom stereocenters. The van der Waals surface area contributed by atoms with E-state index in [0.29, 0.717) is 0 Å². The Balaban J connectivity index is 2.29. The fraction of sp³-hybridized carbons (Fsp3) is 0.500. The van der Waals surface area contributed by atoms with E-state index < -0.39 is 0 Å². The van der Waals surface area contributed by atoms with Gasteiger partial charge in [-0.25, -0.2) is 0 Å². The number of benzene rings is 1. The molecule has 0 saturated carbocycles. The molecule has 1 nitrogen and oxygen atoms in total. The summed E-state index contributed by atoms with van der Waals surface area (Å²) in [6.45, 7) is 6.85. The normalized spacial score (nSPS) is 27.8. The van der Waals surface area contributed by atoms with Crippen molar-refractivity contribution < 1.29 is 0 Å². The van der Waals surface area contributed by atoms with Gasteiger partial charge in [-0.1, -0.05) is 31.2 Å². The van der Waals surface area contributed by atoms with Crippen LogP contribution in [0.4, 0.5) is 0 Å². The Hall–Kier alpha value is -0.820. The topological polar surface area (TPSA) is 12.0 Å². The van der Waals surface area contributed by atoms with Gasteiger partial charge in [-0.2, -0.15) is 0 Å². The first-order chi connectivity index (χ1) is 6.29. The molecule has 1 aliphatic heterocycles. The number of aryl methyl sites for hydroxylation is 1. The Bertz CT molecular complexity index is 293. The van der Waals surface area contributed by atoms with E-state index in [-0.39, 0.29) is 0 Å². The molecule has 2 rings (SSSR count). The molecule has 13 heavy (non-hydrogen) atoms. The molecule has 1 heterocycles. The van der Waals surface area contributed by atoms with Crippen molar-refractivity contribution in [3.8, 4) is 0 Å². The summed E-state index contributed by atoms with van der Waals surface area (Å²) >= 11 is 0. The van der Waals surface area contributed by atoms with Crippen molar-refractivity contribution >= 4 is 0 Å². The zero-order valence-corrected chi connectivity index (χ0v) is 8.38. The first kappa shape index (κ1) is 8.76. The highest BCUT2D eigenvalue weighted by atomic mass is 14.9. The minimum atomic E-state index is 0.723. The lowest BCUT2D eigenvalue weighted by molar-refractivity contribution is 0.570. The molecular formula is C12H17N. The van der Waals surface area contributed by atoms with Gasteiger partial charge < -0.3 is 5.32 Å². The third-order valence-electron chi connectivity index (χ3n) is 3.11. The molecule has 0 radical (unpaired) electrons. The van der Waals surface area contributed by atoms with Crippen molar-refractivity contribution in [3.63, 3.8) is 0 Å². The fourth-order valence-corrected chi connectivity index (χ4v) is 2.23. The third kappa shape index (κ3) is 1.61. The lowest BCUT2D eigenvalue weighted by Crippen LogP contribution is -2.09. The van der Waals surface area contributed by atoms with E-state index in [0.717, 1.165) is 18.4 Å². The minimum Gasteiger partial charge on any atom is -0.316 e. The average Bonchev–Trinajstić information content (AvgIpc) is 2.52. The number of hydrogen-bond donors (Lipinski definition) is 1. The van der Waals surface area contributed by atoms with Crippen molar-refractivity contribution in [2.45, 2.75) is 19.8 Å². The predicted octanol–water partition coefficient (Wildman–Crippen LogP) is 2.32. The van der Waals surface area contributed by atoms with E-state index in [9.17, 15) is 0 Å². The standard InChI is InChI=1S/C12H17N/c1-9-5-3-4-6-11(9)12-8-13-7-10(12)2/h3-6,10,12-13H,7-8H2,1-2H3/t10-,12-/m1/s1. The molecule has 0 bridgehead atoms. The maximum Gasteiger partial charge on any atom is 0.00234 e. The second-order valence-corrected chi connectivity index (χ2v) is 4.10. The Morgan fingerprint density at radius 3 is 2.62 bits per heavy atom. The van der Waals surface area contributed by atoms with Crippen LogP contribution in [0.25, 0.3) is 0 Å². The molecule has 1 aromatic rings. The molecule has 1 aromatic carbocycles. The molecular weight excluding hydrogens is 158 g/mol. The van der Waals surface area contributed by atoms with Crippen LogP contribution >= 0.6 is 0 Å². The lowest BCUT2D eigenvalue weighted by Gasteiger charge is -2.16. The van der Waals surface area contributed by atoms with Crippen LogP contribution in [0.3, 0.4) is 0 Å². The van der Waals surface area contributed by atoms with Crippen molar-refractivity contribution in [2.75, 3.05) is 13.1 Å². The molecule has 0 amide bonds. The van der Waals surface area contributed by atoms with E-state index in [1.165, 1.54) is 17.7 Å². The lowest BCUT2D eigenvalue weighted by atomic mass is 9.88. The van der Waals surface area contributed by atoms with Gasteiger partial charge >= 0.3 is 0 Å². The molecule has 0 aromatic heterocycles. The number of rotatable bonds is 1. The fourth-order valence-electron chi connectivity index (χ4n) is 2.23. The SMILES string of the molecule is Cc1ccccc1[C@@H]1CNC[C@H]1C. The van der Waals surface area contributed by atoms with Crippen LogP contribution in [0.5, 0.6) is 0 Å². The van der Waals surface area contributed by atoms with Gasteiger partial charge in [0.05, 0.1) is 0 Å². The Morgan fingerprint density at radius 2 is 2.00 bits per heavy atom. The zero-order chi connectivity index (χ0) is 9.26. The van der Waals surface area contributed by atoms with Crippen LogP contribution < -0.4 is 5.32 Å². The van der Waals surface area contributed by atoms with E-state index in [1.807, 2.05) is 0 Å². The van der Waals surface area contributed by atoms with Gasteiger partial charge in [0.1, 0.15) is 0 Å².